The molecule has 1 aromatic heterocycles. The summed E-state index contributed by atoms with van der Waals surface area (Å²) in [5.74, 6) is 0. The molecule has 5 heteroatoms. The molecule has 1 heterocycles. The van der Waals surface area contributed by atoms with Gasteiger partial charge in [0.25, 0.3) is 0 Å². The van der Waals surface area contributed by atoms with Crippen LogP contribution in [0.5, 0.6) is 0 Å². The number of halogens is 2. The van der Waals surface area contributed by atoms with Gasteiger partial charge in [0.1, 0.15) is 5.01 Å². The van der Waals surface area contributed by atoms with Crippen molar-refractivity contribution in [2.24, 2.45) is 0 Å². The van der Waals surface area contributed by atoms with Crippen molar-refractivity contribution in [3.63, 3.8) is 0 Å². The molecule has 0 amide bonds. The molecule has 0 radical (unpaired) electrons. The zero-order chi connectivity index (χ0) is 12.4. The molecular formula is C12H12BrClN2S. The van der Waals surface area contributed by atoms with Gasteiger partial charge in [0.05, 0.1) is 17.3 Å². The van der Waals surface area contributed by atoms with E-state index in [1.807, 2.05) is 25.1 Å². The number of rotatable bonds is 3. The minimum Gasteiger partial charge on any atom is -0.378 e. The standard InChI is InChI=1S/C12H12BrClN2S/c1-7-8(2)17-12(16-7)6-15-9-3-4-10(13)11(14)5-9/h3-5,15H,6H2,1-2H3. The summed E-state index contributed by atoms with van der Waals surface area (Å²) in [5.41, 5.74) is 2.12. The number of thiazole rings is 1. The molecule has 2 rings (SSSR count). The van der Waals surface area contributed by atoms with E-state index >= 15 is 0 Å². The number of nitrogens with zero attached hydrogens (tertiary/aromatic N) is 1. The third-order valence-corrected chi connectivity index (χ3v) is 4.74. The van der Waals surface area contributed by atoms with E-state index in [0.29, 0.717) is 5.02 Å². The summed E-state index contributed by atoms with van der Waals surface area (Å²) >= 11 is 11.1. The Morgan fingerprint density at radius 2 is 2.18 bits per heavy atom. The summed E-state index contributed by atoms with van der Waals surface area (Å²) in [5, 5.41) is 5.12. The number of aryl methyl sites for hydroxylation is 2. The summed E-state index contributed by atoms with van der Waals surface area (Å²) in [7, 11) is 0. The zero-order valence-corrected chi connectivity index (χ0v) is 12.7. The Morgan fingerprint density at radius 1 is 1.41 bits per heavy atom. The maximum absolute atomic E-state index is 6.03. The molecule has 0 aliphatic carbocycles. The van der Waals surface area contributed by atoms with Gasteiger partial charge in [-0.2, -0.15) is 0 Å². The number of nitrogens with one attached hydrogen (secondary N) is 1. The van der Waals surface area contributed by atoms with Crippen LogP contribution in [0.15, 0.2) is 22.7 Å². The first kappa shape index (κ1) is 12.9. The Kier molecular flexibility index (Phi) is 4.07. The molecule has 2 nitrogen and oxygen atoms in total. The van der Waals surface area contributed by atoms with Crippen LogP contribution in [-0.4, -0.2) is 4.98 Å². The van der Waals surface area contributed by atoms with Gasteiger partial charge in [0.15, 0.2) is 0 Å². The fraction of sp³-hybridized carbons (Fsp3) is 0.250. The highest BCUT2D eigenvalue weighted by molar-refractivity contribution is 9.10. The second-order valence-electron chi connectivity index (χ2n) is 3.73. The van der Waals surface area contributed by atoms with E-state index in [4.69, 9.17) is 11.6 Å². The second-order valence-corrected chi connectivity index (χ2v) is 6.28. The lowest BCUT2D eigenvalue weighted by Crippen LogP contribution is -1.98. The van der Waals surface area contributed by atoms with E-state index in [1.165, 1.54) is 4.88 Å². The van der Waals surface area contributed by atoms with Gasteiger partial charge in [0.2, 0.25) is 0 Å². The Balaban J connectivity index is 2.04. The van der Waals surface area contributed by atoms with Crippen LogP contribution >= 0.6 is 38.9 Å². The van der Waals surface area contributed by atoms with Gasteiger partial charge in [-0.25, -0.2) is 4.98 Å². The van der Waals surface area contributed by atoms with Gasteiger partial charge < -0.3 is 5.32 Å². The number of benzene rings is 1. The summed E-state index contributed by atoms with van der Waals surface area (Å²) in [4.78, 5) is 5.75. The summed E-state index contributed by atoms with van der Waals surface area (Å²) in [6.45, 7) is 4.86. The molecule has 0 saturated carbocycles. The van der Waals surface area contributed by atoms with Gasteiger partial charge in [-0.05, 0) is 48.0 Å². The van der Waals surface area contributed by atoms with Crippen molar-refractivity contribution in [1.82, 2.24) is 4.98 Å². The Labute approximate surface area is 118 Å². The summed E-state index contributed by atoms with van der Waals surface area (Å²) in [6, 6.07) is 5.82. The molecule has 1 N–H and O–H groups in total. The minimum atomic E-state index is 0.710. The Morgan fingerprint density at radius 3 is 2.76 bits per heavy atom. The molecule has 0 aliphatic heterocycles. The smallest absolute Gasteiger partial charge is 0.112 e. The topological polar surface area (TPSA) is 24.9 Å². The molecule has 0 atom stereocenters. The molecule has 1 aromatic carbocycles. The summed E-state index contributed by atoms with van der Waals surface area (Å²) in [6.07, 6.45) is 0. The molecule has 0 unspecified atom stereocenters. The fourth-order valence-electron chi connectivity index (χ4n) is 1.40. The normalized spacial score (nSPS) is 10.6. The molecule has 0 fully saturated rings. The van der Waals surface area contributed by atoms with Crippen LogP contribution in [0.3, 0.4) is 0 Å². The Hall–Kier alpha value is -0.580. The molecule has 0 bridgehead atoms. The maximum atomic E-state index is 6.03. The molecule has 0 aliphatic rings. The largest absolute Gasteiger partial charge is 0.378 e. The van der Waals surface area contributed by atoms with E-state index in [2.05, 4.69) is 33.2 Å². The van der Waals surface area contributed by atoms with Crippen molar-refractivity contribution in [2.75, 3.05) is 5.32 Å². The Bertz CT molecular complexity index is 520. The van der Waals surface area contributed by atoms with Crippen molar-refractivity contribution < 1.29 is 0 Å². The lowest BCUT2D eigenvalue weighted by atomic mass is 10.3. The molecule has 0 saturated heterocycles. The highest BCUT2D eigenvalue weighted by Gasteiger charge is 2.04. The lowest BCUT2D eigenvalue weighted by molar-refractivity contribution is 1.07. The summed E-state index contributed by atoms with van der Waals surface area (Å²) < 4.78 is 0.908. The first-order valence-electron chi connectivity index (χ1n) is 5.18. The predicted octanol–water partition coefficient (Wildman–Crippen LogP) is 4.79. The van der Waals surface area contributed by atoms with E-state index in [9.17, 15) is 0 Å². The molecule has 0 spiro atoms. The first-order valence-corrected chi connectivity index (χ1v) is 7.17. The second kappa shape index (κ2) is 5.38. The number of aromatic nitrogens is 1. The molecule has 17 heavy (non-hydrogen) atoms. The third-order valence-electron chi connectivity index (χ3n) is 2.44. The SMILES string of the molecule is Cc1nc(CNc2ccc(Br)c(Cl)c2)sc1C. The van der Waals surface area contributed by atoms with Gasteiger partial charge in [0, 0.05) is 15.0 Å². The predicted molar refractivity (Wildman–Crippen MR) is 78.1 cm³/mol. The van der Waals surface area contributed by atoms with Crippen LogP contribution in [0, 0.1) is 13.8 Å². The van der Waals surface area contributed by atoms with Crippen LogP contribution < -0.4 is 5.32 Å². The van der Waals surface area contributed by atoms with Crippen LogP contribution in [0.2, 0.25) is 5.02 Å². The first-order chi connectivity index (χ1) is 8.06. The third kappa shape index (κ3) is 3.21. The van der Waals surface area contributed by atoms with Crippen molar-refractivity contribution in [3.05, 3.63) is 43.3 Å². The number of hydrogen-bond donors (Lipinski definition) is 1. The highest BCUT2D eigenvalue weighted by atomic mass is 79.9. The van der Waals surface area contributed by atoms with Crippen LogP contribution in [0.4, 0.5) is 5.69 Å². The van der Waals surface area contributed by atoms with E-state index in [-0.39, 0.29) is 0 Å². The number of anilines is 1. The lowest BCUT2D eigenvalue weighted by Gasteiger charge is -2.05. The highest BCUT2D eigenvalue weighted by Crippen LogP contribution is 2.26. The van der Waals surface area contributed by atoms with Crippen molar-refractivity contribution in [1.29, 1.82) is 0 Å². The average molecular weight is 332 g/mol. The monoisotopic (exact) mass is 330 g/mol. The number of hydrogen-bond acceptors (Lipinski definition) is 3. The van der Waals surface area contributed by atoms with Crippen LogP contribution in [-0.2, 0) is 6.54 Å². The molecule has 90 valence electrons. The van der Waals surface area contributed by atoms with E-state index < -0.39 is 0 Å². The quantitative estimate of drug-likeness (QED) is 0.875. The van der Waals surface area contributed by atoms with Crippen molar-refractivity contribution in [3.8, 4) is 0 Å². The van der Waals surface area contributed by atoms with Gasteiger partial charge in [-0.1, -0.05) is 11.6 Å². The van der Waals surface area contributed by atoms with Crippen molar-refractivity contribution >= 4 is 44.6 Å². The zero-order valence-electron chi connectivity index (χ0n) is 9.55. The molecular weight excluding hydrogens is 320 g/mol. The van der Waals surface area contributed by atoms with Crippen LogP contribution in [0.1, 0.15) is 15.6 Å². The minimum absolute atomic E-state index is 0.710. The van der Waals surface area contributed by atoms with Crippen molar-refractivity contribution in [2.45, 2.75) is 20.4 Å². The average Bonchev–Trinajstić information content (AvgIpc) is 2.60. The van der Waals surface area contributed by atoms with E-state index in [1.54, 1.807) is 11.3 Å². The molecule has 2 aromatic rings. The van der Waals surface area contributed by atoms with Crippen LogP contribution in [0.25, 0.3) is 0 Å². The van der Waals surface area contributed by atoms with Gasteiger partial charge in [-0.15, -0.1) is 11.3 Å². The van der Waals surface area contributed by atoms with Gasteiger partial charge in [-0.3, -0.25) is 0 Å². The van der Waals surface area contributed by atoms with E-state index in [0.717, 1.165) is 27.4 Å². The fourth-order valence-corrected chi connectivity index (χ4v) is 2.70. The maximum Gasteiger partial charge on any atom is 0.112 e. The van der Waals surface area contributed by atoms with Gasteiger partial charge >= 0.3 is 0 Å².